The van der Waals surface area contributed by atoms with Crippen LogP contribution in [0.3, 0.4) is 0 Å². The maximum absolute atomic E-state index is 11.2. The van der Waals surface area contributed by atoms with Crippen LogP contribution in [0.1, 0.15) is 33.6 Å². The first kappa shape index (κ1) is 11.4. The minimum absolute atomic E-state index is 0.0647. The van der Waals surface area contributed by atoms with Gasteiger partial charge in [0, 0.05) is 12.3 Å². The second-order valence-electron chi connectivity index (χ2n) is 5.07. The summed E-state index contributed by atoms with van der Waals surface area (Å²) in [6, 6.07) is 0. The minimum Gasteiger partial charge on any atom is -0.458 e. The van der Waals surface area contributed by atoms with E-state index >= 15 is 0 Å². The van der Waals surface area contributed by atoms with Gasteiger partial charge in [-0.3, -0.25) is 4.79 Å². The van der Waals surface area contributed by atoms with Crippen LogP contribution in [0.5, 0.6) is 0 Å². The van der Waals surface area contributed by atoms with Gasteiger partial charge in [0.1, 0.15) is 6.10 Å². The first-order valence-corrected chi connectivity index (χ1v) is 6.11. The number of carbonyl (C=O) groups excluding carboxylic acids is 1. The first-order valence-electron chi connectivity index (χ1n) is 6.11. The molecule has 88 valence electrons. The quantitative estimate of drug-likeness (QED) is 0.528. The van der Waals surface area contributed by atoms with Gasteiger partial charge in [-0.15, -0.1) is 0 Å². The zero-order valence-electron chi connectivity index (χ0n) is 10.3. The normalized spacial score (nSPS) is 40.8. The van der Waals surface area contributed by atoms with E-state index in [9.17, 15) is 4.79 Å². The van der Waals surface area contributed by atoms with E-state index < -0.39 is 0 Å². The molecule has 4 atom stereocenters. The van der Waals surface area contributed by atoms with Gasteiger partial charge in [-0.05, 0) is 30.8 Å². The second-order valence-corrected chi connectivity index (χ2v) is 5.07. The summed E-state index contributed by atoms with van der Waals surface area (Å²) in [5.74, 6) is 0.858. The van der Waals surface area contributed by atoms with Crippen LogP contribution in [0.15, 0.2) is 24.3 Å². The molecular formula is C14H20O2. The zero-order valence-corrected chi connectivity index (χ0v) is 10.3. The average molecular weight is 220 g/mol. The van der Waals surface area contributed by atoms with Crippen LogP contribution in [-0.4, -0.2) is 12.1 Å². The molecule has 0 aromatic rings. The van der Waals surface area contributed by atoms with Crippen LogP contribution in [0.25, 0.3) is 0 Å². The molecule has 0 aromatic carbocycles. The monoisotopic (exact) mass is 220 g/mol. The lowest BCUT2D eigenvalue weighted by atomic mass is 9.64. The molecule has 0 saturated carbocycles. The molecule has 0 saturated heterocycles. The molecule has 0 bridgehead atoms. The highest BCUT2D eigenvalue weighted by molar-refractivity contribution is 5.66. The lowest BCUT2D eigenvalue weighted by molar-refractivity contribution is -0.152. The molecule has 0 spiro atoms. The van der Waals surface area contributed by atoms with Gasteiger partial charge >= 0.3 is 5.97 Å². The van der Waals surface area contributed by atoms with Crippen LogP contribution in [0.2, 0.25) is 0 Å². The lowest BCUT2D eigenvalue weighted by Crippen LogP contribution is -2.44. The zero-order chi connectivity index (χ0) is 11.8. The molecule has 2 nitrogen and oxygen atoms in total. The number of hydrogen-bond acceptors (Lipinski definition) is 2. The molecule has 0 aliphatic heterocycles. The summed E-state index contributed by atoms with van der Waals surface area (Å²) in [6.07, 6.45) is 10.9. The van der Waals surface area contributed by atoms with Crippen molar-refractivity contribution in [3.8, 4) is 0 Å². The number of ether oxygens (including phenoxy) is 1. The molecule has 0 aromatic heterocycles. The van der Waals surface area contributed by atoms with Gasteiger partial charge < -0.3 is 4.74 Å². The third-order valence-electron chi connectivity index (χ3n) is 4.22. The maximum Gasteiger partial charge on any atom is 0.303 e. The fourth-order valence-electron chi connectivity index (χ4n) is 3.19. The van der Waals surface area contributed by atoms with E-state index in [1.807, 2.05) is 0 Å². The predicted molar refractivity (Wildman–Crippen MR) is 63.8 cm³/mol. The van der Waals surface area contributed by atoms with Crippen LogP contribution >= 0.6 is 0 Å². The van der Waals surface area contributed by atoms with Crippen molar-refractivity contribution in [2.24, 2.45) is 17.3 Å². The highest BCUT2D eigenvalue weighted by atomic mass is 16.5. The number of hydrogen-bond donors (Lipinski definition) is 0. The number of esters is 1. The van der Waals surface area contributed by atoms with Gasteiger partial charge in [0.05, 0.1) is 0 Å². The van der Waals surface area contributed by atoms with Gasteiger partial charge in [0.2, 0.25) is 0 Å². The molecule has 0 fully saturated rings. The Labute approximate surface area is 97.4 Å². The Morgan fingerprint density at radius 2 is 2.19 bits per heavy atom. The van der Waals surface area contributed by atoms with E-state index in [4.69, 9.17) is 4.74 Å². The first-order chi connectivity index (χ1) is 7.59. The van der Waals surface area contributed by atoms with Crippen molar-refractivity contribution in [2.45, 2.75) is 39.7 Å². The van der Waals surface area contributed by atoms with Crippen LogP contribution in [0.4, 0.5) is 0 Å². The molecular weight excluding hydrogens is 200 g/mol. The predicted octanol–water partition coefficient (Wildman–Crippen LogP) is 3.10. The lowest BCUT2D eigenvalue weighted by Gasteiger charge is -2.43. The molecule has 16 heavy (non-hydrogen) atoms. The third-order valence-corrected chi connectivity index (χ3v) is 4.22. The van der Waals surface area contributed by atoms with Crippen molar-refractivity contribution in [3.05, 3.63) is 24.3 Å². The summed E-state index contributed by atoms with van der Waals surface area (Å²) in [4.78, 5) is 11.2. The molecule has 2 heteroatoms. The molecule has 0 heterocycles. The fraction of sp³-hybridized carbons (Fsp3) is 0.643. The topological polar surface area (TPSA) is 26.3 Å². The van der Waals surface area contributed by atoms with Crippen LogP contribution < -0.4 is 0 Å². The van der Waals surface area contributed by atoms with E-state index in [2.05, 4.69) is 38.2 Å². The minimum atomic E-state index is -0.182. The SMILES string of the molecule is CCC1C=CC2CC=CC(OC(C)=O)[C@]12C. The number of carbonyl (C=O) groups is 1. The molecule has 0 N–H and O–H groups in total. The molecule has 2 aliphatic carbocycles. The summed E-state index contributed by atoms with van der Waals surface area (Å²) in [7, 11) is 0. The van der Waals surface area contributed by atoms with Gasteiger partial charge in [0.15, 0.2) is 0 Å². The second kappa shape index (κ2) is 4.08. The Morgan fingerprint density at radius 1 is 1.44 bits per heavy atom. The Morgan fingerprint density at radius 3 is 2.81 bits per heavy atom. The van der Waals surface area contributed by atoms with Crippen LogP contribution in [0, 0.1) is 17.3 Å². The summed E-state index contributed by atoms with van der Waals surface area (Å²) in [5, 5.41) is 0. The van der Waals surface area contributed by atoms with Gasteiger partial charge in [-0.2, -0.15) is 0 Å². The molecule has 0 amide bonds. The average Bonchev–Trinajstić information content (AvgIpc) is 2.56. The smallest absolute Gasteiger partial charge is 0.303 e. The van der Waals surface area contributed by atoms with Crippen molar-refractivity contribution in [1.29, 1.82) is 0 Å². The highest BCUT2D eigenvalue weighted by Crippen LogP contribution is 2.52. The van der Waals surface area contributed by atoms with Crippen molar-refractivity contribution in [1.82, 2.24) is 0 Å². The Hall–Kier alpha value is -1.05. The summed E-state index contributed by atoms with van der Waals surface area (Å²) in [6.45, 7) is 5.94. The van der Waals surface area contributed by atoms with E-state index in [1.54, 1.807) is 0 Å². The molecule has 2 aliphatic rings. The standard InChI is InChI=1S/C14H20O2/c1-4-11-8-9-12-6-5-7-13(14(11,12)3)16-10(2)15/h5,7-9,11-13H,4,6H2,1-3H3/t11?,12?,13?,14-/m1/s1. The van der Waals surface area contributed by atoms with Crippen LogP contribution in [-0.2, 0) is 9.53 Å². The number of rotatable bonds is 2. The van der Waals surface area contributed by atoms with Crippen molar-refractivity contribution >= 4 is 5.97 Å². The largest absolute Gasteiger partial charge is 0.458 e. The van der Waals surface area contributed by atoms with E-state index in [0.29, 0.717) is 11.8 Å². The summed E-state index contributed by atoms with van der Waals surface area (Å²) < 4.78 is 5.47. The Bertz CT molecular complexity index is 343. The molecule has 2 rings (SSSR count). The number of allylic oxidation sites excluding steroid dienone is 3. The Balaban J connectivity index is 2.28. The summed E-state index contributed by atoms with van der Waals surface area (Å²) >= 11 is 0. The van der Waals surface area contributed by atoms with E-state index in [1.165, 1.54) is 6.92 Å². The maximum atomic E-state index is 11.2. The third kappa shape index (κ3) is 1.60. The van der Waals surface area contributed by atoms with Crippen molar-refractivity contribution < 1.29 is 9.53 Å². The van der Waals surface area contributed by atoms with Gasteiger partial charge in [-0.1, -0.05) is 32.1 Å². The van der Waals surface area contributed by atoms with E-state index in [0.717, 1.165) is 12.8 Å². The number of fused-ring (bicyclic) bond motifs is 1. The molecule has 0 radical (unpaired) electrons. The van der Waals surface area contributed by atoms with Crippen molar-refractivity contribution in [3.63, 3.8) is 0 Å². The highest BCUT2D eigenvalue weighted by Gasteiger charge is 2.49. The summed E-state index contributed by atoms with van der Waals surface area (Å²) in [5.41, 5.74) is 0.0647. The van der Waals surface area contributed by atoms with Gasteiger partial charge in [-0.25, -0.2) is 0 Å². The fourth-order valence-corrected chi connectivity index (χ4v) is 3.19. The van der Waals surface area contributed by atoms with E-state index in [-0.39, 0.29) is 17.5 Å². The van der Waals surface area contributed by atoms with Gasteiger partial charge in [0.25, 0.3) is 0 Å². The Kier molecular flexibility index (Phi) is 2.92. The molecule has 3 unspecified atom stereocenters. The van der Waals surface area contributed by atoms with Crippen molar-refractivity contribution in [2.75, 3.05) is 0 Å².